The molecule has 0 aliphatic carbocycles. The van der Waals surface area contributed by atoms with Gasteiger partial charge >= 0.3 is 0 Å². The fraction of sp³-hybridized carbons (Fsp3) is 0.0769. The third-order valence-corrected chi connectivity index (χ3v) is 4.23. The topological polar surface area (TPSA) is 69.4 Å². The molecule has 0 saturated carbocycles. The molecule has 0 aromatic heterocycles. The predicted molar refractivity (Wildman–Crippen MR) is 81.3 cm³/mol. The van der Waals surface area contributed by atoms with Crippen molar-refractivity contribution in [2.24, 2.45) is 5.14 Å². The maximum Gasteiger partial charge on any atom is 0.241 e. The zero-order valence-corrected chi connectivity index (χ0v) is 13.7. The lowest BCUT2D eigenvalue weighted by Gasteiger charge is -2.12. The van der Waals surface area contributed by atoms with E-state index in [0.29, 0.717) is 10.0 Å². The molecule has 0 bridgehead atoms. The summed E-state index contributed by atoms with van der Waals surface area (Å²) in [4.78, 5) is -0.219. The number of sulfonamides is 1. The maximum absolute atomic E-state index is 12.8. The lowest BCUT2D eigenvalue weighted by Crippen LogP contribution is -2.14. The zero-order chi connectivity index (χ0) is 15.6. The van der Waals surface area contributed by atoms with Crippen LogP contribution in [0.3, 0.4) is 0 Å². The van der Waals surface area contributed by atoms with E-state index >= 15 is 0 Å². The number of rotatable bonds is 4. The summed E-state index contributed by atoms with van der Waals surface area (Å²) < 4.78 is 41.9. The SMILES string of the molecule is NS(=O)(=O)c1cc(Br)cc(Cl)c1OCc1ccc(F)cc1. The third-order valence-electron chi connectivity index (χ3n) is 2.58. The van der Waals surface area contributed by atoms with Gasteiger partial charge < -0.3 is 4.74 Å². The zero-order valence-electron chi connectivity index (χ0n) is 10.5. The number of primary sulfonamides is 1. The first-order valence-electron chi connectivity index (χ1n) is 5.66. The second-order valence-corrected chi connectivity index (χ2v) is 7.03. The van der Waals surface area contributed by atoms with E-state index in [1.165, 1.54) is 36.4 Å². The highest BCUT2D eigenvalue weighted by molar-refractivity contribution is 9.10. The van der Waals surface area contributed by atoms with Crippen LogP contribution in [0.15, 0.2) is 45.8 Å². The van der Waals surface area contributed by atoms with Crippen molar-refractivity contribution in [3.63, 3.8) is 0 Å². The van der Waals surface area contributed by atoms with E-state index in [0.717, 1.165) is 0 Å². The lowest BCUT2D eigenvalue weighted by atomic mass is 10.2. The van der Waals surface area contributed by atoms with E-state index in [2.05, 4.69) is 15.9 Å². The van der Waals surface area contributed by atoms with Gasteiger partial charge in [0.2, 0.25) is 10.0 Å². The molecule has 0 spiro atoms. The summed E-state index contributed by atoms with van der Waals surface area (Å²) in [6, 6.07) is 8.42. The summed E-state index contributed by atoms with van der Waals surface area (Å²) in [5.41, 5.74) is 0.663. The molecule has 112 valence electrons. The first-order valence-corrected chi connectivity index (χ1v) is 8.38. The van der Waals surface area contributed by atoms with Crippen molar-refractivity contribution in [1.82, 2.24) is 0 Å². The van der Waals surface area contributed by atoms with Gasteiger partial charge in [0, 0.05) is 4.47 Å². The van der Waals surface area contributed by atoms with Crippen molar-refractivity contribution in [2.45, 2.75) is 11.5 Å². The predicted octanol–water partition coefficient (Wildman–Crippen LogP) is 3.47. The number of benzene rings is 2. The minimum atomic E-state index is -3.99. The standard InChI is InChI=1S/C13H10BrClFNO3S/c14-9-5-11(15)13(12(6-9)21(17,18)19)20-7-8-1-3-10(16)4-2-8/h1-6H,7H2,(H2,17,18,19). The molecule has 4 nitrogen and oxygen atoms in total. The van der Waals surface area contributed by atoms with Crippen LogP contribution < -0.4 is 9.88 Å². The number of hydrogen-bond donors (Lipinski definition) is 1. The summed E-state index contributed by atoms with van der Waals surface area (Å²) in [6.45, 7) is 0.0319. The molecule has 0 saturated heterocycles. The van der Waals surface area contributed by atoms with Crippen molar-refractivity contribution in [1.29, 1.82) is 0 Å². The van der Waals surface area contributed by atoms with Gasteiger partial charge in [0.1, 0.15) is 17.3 Å². The van der Waals surface area contributed by atoms with Crippen molar-refractivity contribution >= 4 is 37.6 Å². The molecule has 0 aliphatic heterocycles. The minimum absolute atomic E-state index is 0.0319. The van der Waals surface area contributed by atoms with Crippen LogP contribution in [0, 0.1) is 5.82 Å². The van der Waals surface area contributed by atoms with Crippen LogP contribution in [-0.4, -0.2) is 8.42 Å². The smallest absolute Gasteiger partial charge is 0.241 e. The third kappa shape index (κ3) is 4.16. The minimum Gasteiger partial charge on any atom is -0.486 e. The molecule has 2 rings (SSSR count). The van der Waals surface area contributed by atoms with Crippen molar-refractivity contribution in [2.75, 3.05) is 0 Å². The van der Waals surface area contributed by atoms with Crippen LogP contribution in [0.2, 0.25) is 5.02 Å². The monoisotopic (exact) mass is 393 g/mol. The van der Waals surface area contributed by atoms with Crippen LogP contribution in [0.25, 0.3) is 0 Å². The summed E-state index contributed by atoms with van der Waals surface area (Å²) in [5, 5.41) is 5.25. The average molecular weight is 395 g/mol. The summed E-state index contributed by atoms with van der Waals surface area (Å²) in [5.74, 6) is -0.405. The molecule has 0 atom stereocenters. The Morgan fingerprint density at radius 2 is 1.86 bits per heavy atom. The van der Waals surface area contributed by atoms with Gasteiger partial charge in [-0.1, -0.05) is 39.7 Å². The number of halogens is 3. The average Bonchev–Trinajstić information content (AvgIpc) is 2.38. The molecule has 0 fully saturated rings. The van der Waals surface area contributed by atoms with Crippen molar-refractivity contribution in [3.8, 4) is 5.75 Å². The summed E-state index contributed by atoms with van der Waals surface area (Å²) in [6.07, 6.45) is 0. The van der Waals surface area contributed by atoms with Crippen LogP contribution >= 0.6 is 27.5 Å². The van der Waals surface area contributed by atoms with E-state index in [9.17, 15) is 12.8 Å². The molecule has 0 aliphatic rings. The van der Waals surface area contributed by atoms with Crippen molar-refractivity contribution in [3.05, 3.63) is 57.3 Å². The van der Waals surface area contributed by atoms with Gasteiger partial charge in [-0.25, -0.2) is 17.9 Å². The van der Waals surface area contributed by atoms with Gasteiger partial charge in [-0.2, -0.15) is 0 Å². The number of ether oxygens (including phenoxy) is 1. The van der Waals surface area contributed by atoms with Crippen LogP contribution in [-0.2, 0) is 16.6 Å². The fourth-order valence-electron chi connectivity index (χ4n) is 1.62. The molecule has 21 heavy (non-hydrogen) atoms. The molecule has 8 heteroatoms. The number of hydrogen-bond acceptors (Lipinski definition) is 3. The van der Waals surface area contributed by atoms with E-state index in [1.807, 2.05) is 0 Å². The van der Waals surface area contributed by atoms with E-state index in [1.54, 1.807) is 0 Å². The Hall–Kier alpha value is -1.15. The number of nitrogens with two attached hydrogens (primary N) is 1. The summed E-state index contributed by atoms with van der Waals surface area (Å²) in [7, 11) is -3.99. The quantitative estimate of drug-likeness (QED) is 0.863. The second-order valence-electron chi connectivity index (χ2n) is 4.18. The van der Waals surface area contributed by atoms with Gasteiger partial charge in [-0.15, -0.1) is 0 Å². The molecule has 2 aromatic rings. The highest BCUT2D eigenvalue weighted by atomic mass is 79.9. The highest BCUT2D eigenvalue weighted by Crippen LogP contribution is 2.35. The van der Waals surface area contributed by atoms with Crippen LogP contribution in [0.1, 0.15) is 5.56 Å². The molecule has 2 aromatic carbocycles. The maximum atomic E-state index is 12.8. The molecule has 0 radical (unpaired) electrons. The van der Waals surface area contributed by atoms with Crippen LogP contribution in [0.5, 0.6) is 5.75 Å². The summed E-state index contributed by atoms with van der Waals surface area (Å²) >= 11 is 9.14. The van der Waals surface area contributed by atoms with Gasteiger partial charge in [0.25, 0.3) is 0 Å². The Bertz CT molecular complexity index is 766. The molecule has 0 amide bonds. The van der Waals surface area contributed by atoms with Gasteiger partial charge in [0.15, 0.2) is 5.75 Å². The Kier molecular flexibility index (Phi) is 4.88. The van der Waals surface area contributed by atoms with E-state index < -0.39 is 10.0 Å². The normalized spacial score (nSPS) is 11.4. The first kappa shape index (κ1) is 16.2. The van der Waals surface area contributed by atoms with Gasteiger partial charge in [0.05, 0.1) is 5.02 Å². The fourth-order valence-corrected chi connectivity index (χ4v) is 3.41. The van der Waals surface area contributed by atoms with Crippen LogP contribution in [0.4, 0.5) is 4.39 Å². The van der Waals surface area contributed by atoms with E-state index in [-0.39, 0.29) is 28.1 Å². The molecule has 0 heterocycles. The molecule has 0 unspecified atom stereocenters. The lowest BCUT2D eigenvalue weighted by molar-refractivity contribution is 0.298. The largest absolute Gasteiger partial charge is 0.486 e. The van der Waals surface area contributed by atoms with Gasteiger partial charge in [-0.05, 0) is 29.8 Å². The van der Waals surface area contributed by atoms with Gasteiger partial charge in [-0.3, -0.25) is 0 Å². The Balaban J connectivity index is 2.33. The van der Waals surface area contributed by atoms with E-state index in [4.69, 9.17) is 21.5 Å². The highest BCUT2D eigenvalue weighted by Gasteiger charge is 2.19. The Morgan fingerprint density at radius 3 is 2.43 bits per heavy atom. The first-order chi connectivity index (χ1) is 9.77. The molecular weight excluding hydrogens is 385 g/mol. The second kappa shape index (κ2) is 6.31. The van der Waals surface area contributed by atoms with Crippen molar-refractivity contribution < 1.29 is 17.5 Å². The molecule has 2 N–H and O–H groups in total. The Morgan fingerprint density at radius 1 is 1.24 bits per heavy atom. The molecular formula is C13H10BrClFNO3S. The Labute approximate surface area is 134 Å².